The Morgan fingerprint density at radius 1 is 0.833 bits per heavy atom. The Balaban J connectivity index is 0. The number of hydrogen-bond acceptors (Lipinski definition) is 0. The van der Waals surface area contributed by atoms with Crippen molar-refractivity contribution in [2.75, 3.05) is 0 Å². The van der Waals surface area contributed by atoms with Gasteiger partial charge < -0.3 is 0 Å². The topological polar surface area (TPSA) is 0 Å². The second kappa shape index (κ2) is 7.90. The standard InChI is InChI=1S/C2BrF3.C2F3I/c2*3-1(4)2(5)6. The first kappa shape index (κ1) is 14.8. The van der Waals surface area contributed by atoms with Gasteiger partial charge in [0, 0.05) is 0 Å². The molecule has 0 saturated heterocycles. The zero-order chi connectivity index (χ0) is 10.3. The van der Waals surface area contributed by atoms with Crippen LogP contribution in [0.25, 0.3) is 0 Å². The van der Waals surface area contributed by atoms with E-state index in [0.717, 1.165) is 22.6 Å². The van der Waals surface area contributed by atoms with E-state index >= 15 is 0 Å². The van der Waals surface area contributed by atoms with Crippen molar-refractivity contribution in [2.24, 2.45) is 0 Å². The molecule has 0 aliphatic carbocycles. The van der Waals surface area contributed by atoms with Crippen molar-refractivity contribution in [1.82, 2.24) is 0 Å². The Bertz CT molecular complexity index is 142. The normalized spacial score (nSPS) is 8.00. The third-order valence-electron chi connectivity index (χ3n) is 0.286. The summed E-state index contributed by atoms with van der Waals surface area (Å²) >= 11 is 2.80. The molecule has 0 aliphatic heterocycles. The van der Waals surface area contributed by atoms with Crippen molar-refractivity contribution in [3.8, 4) is 0 Å². The van der Waals surface area contributed by atoms with Crippen molar-refractivity contribution < 1.29 is 26.3 Å². The van der Waals surface area contributed by atoms with Crippen LogP contribution in [0.15, 0.2) is 20.7 Å². The highest BCUT2D eigenvalue weighted by molar-refractivity contribution is 14.1. The Morgan fingerprint density at radius 3 is 1.00 bits per heavy atom. The van der Waals surface area contributed by atoms with Crippen LogP contribution in [0.2, 0.25) is 0 Å². The van der Waals surface area contributed by atoms with Gasteiger partial charge in [-0.2, -0.15) is 26.3 Å². The van der Waals surface area contributed by atoms with Crippen molar-refractivity contribution in [2.45, 2.75) is 0 Å². The van der Waals surface area contributed by atoms with Crippen LogP contribution in [0.5, 0.6) is 0 Å². The zero-order valence-corrected chi connectivity index (χ0v) is 8.77. The molecule has 0 N–H and O–H groups in total. The Morgan fingerprint density at radius 2 is 1.00 bits per heavy atom. The molecule has 0 aromatic carbocycles. The molecule has 0 unspecified atom stereocenters. The molecule has 0 amide bonds. The van der Waals surface area contributed by atoms with Gasteiger partial charge in [0.25, 0.3) is 0 Å². The van der Waals surface area contributed by atoms with E-state index in [4.69, 9.17) is 0 Å². The lowest BCUT2D eigenvalue weighted by Crippen LogP contribution is -1.53. The highest BCUT2D eigenvalue weighted by Crippen LogP contribution is 2.15. The van der Waals surface area contributed by atoms with Gasteiger partial charge in [0.2, 0.25) is 8.57 Å². The summed E-state index contributed by atoms with van der Waals surface area (Å²) in [5.74, 6) is 0. The predicted octanol–water partition coefficient (Wildman–Crippen LogP) is 4.87. The lowest BCUT2D eigenvalue weighted by Gasteiger charge is -1.71. The van der Waals surface area contributed by atoms with Gasteiger partial charge in [-0.1, -0.05) is 0 Å². The zero-order valence-electron chi connectivity index (χ0n) is 5.02. The maximum atomic E-state index is 10.9. The molecule has 0 spiro atoms. The van der Waals surface area contributed by atoms with Crippen LogP contribution in [-0.2, 0) is 0 Å². The van der Waals surface area contributed by atoms with E-state index in [1.54, 1.807) is 0 Å². The highest BCUT2D eigenvalue weighted by Gasteiger charge is 1.95. The predicted molar refractivity (Wildman–Crippen MR) is 43.6 cm³/mol. The Kier molecular flexibility index (Phi) is 9.72. The third-order valence-corrected chi connectivity index (χ3v) is 0.993. The molecule has 0 radical (unpaired) electrons. The smallest absolute Gasteiger partial charge is 0.194 e. The van der Waals surface area contributed by atoms with Crippen LogP contribution in [0.1, 0.15) is 0 Å². The summed E-state index contributed by atoms with van der Waals surface area (Å²) in [6.07, 6.45) is -4.58. The molecule has 0 saturated carbocycles. The van der Waals surface area contributed by atoms with E-state index in [1.165, 1.54) is 0 Å². The van der Waals surface area contributed by atoms with Gasteiger partial charge in [-0.3, -0.25) is 0 Å². The summed E-state index contributed by atoms with van der Waals surface area (Å²) in [5, 5.41) is 0. The van der Waals surface area contributed by atoms with Crippen LogP contribution >= 0.6 is 38.5 Å². The Hall–Kier alpha value is 0.270. The molecule has 0 heterocycles. The van der Waals surface area contributed by atoms with Gasteiger partial charge in [0.05, 0.1) is 0 Å². The van der Waals surface area contributed by atoms with E-state index in [2.05, 4.69) is 0 Å². The number of hydrogen-bond donors (Lipinski definition) is 0. The molecule has 12 heavy (non-hydrogen) atoms. The van der Waals surface area contributed by atoms with Crippen LogP contribution < -0.4 is 0 Å². The molecule has 0 fully saturated rings. The molecule has 0 bridgehead atoms. The maximum Gasteiger partial charge on any atom is 0.312 e. The van der Waals surface area contributed by atoms with E-state index in [0.29, 0.717) is 0 Å². The van der Waals surface area contributed by atoms with Crippen LogP contribution in [0, 0.1) is 0 Å². The number of halogens is 8. The summed E-state index contributed by atoms with van der Waals surface area (Å²) in [6, 6.07) is 0. The summed E-state index contributed by atoms with van der Waals surface area (Å²) in [5.41, 5.74) is 0. The first-order valence-corrected chi connectivity index (χ1v) is 3.88. The largest absolute Gasteiger partial charge is 0.312 e. The van der Waals surface area contributed by atoms with E-state index in [9.17, 15) is 26.3 Å². The van der Waals surface area contributed by atoms with Gasteiger partial charge in [-0.25, -0.2) is 0 Å². The molecule has 0 aromatic heterocycles. The minimum Gasteiger partial charge on any atom is -0.194 e. The van der Waals surface area contributed by atoms with Crippen molar-refractivity contribution in [3.05, 3.63) is 20.7 Å². The first-order valence-electron chi connectivity index (χ1n) is 2.01. The molecule has 0 rings (SSSR count). The average molecular weight is 369 g/mol. The van der Waals surface area contributed by atoms with Crippen molar-refractivity contribution in [1.29, 1.82) is 0 Å². The second-order valence-corrected chi connectivity index (χ2v) is 2.68. The van der Waals surface area contributed by atoms with E-state index in [-0.39, 0.29) is 0 Å². The van der Waals surface area contributed by atoms with E-state index in [1.807, 2.05) is 15.9 Å². The maximum absolute atomic E-state index is 10.9. The first-order chi connectivity index (χ1) is 5.29. The molecule has 72 valence electrons. The van der Waals surface area contributed by atoms with Gasteiger partial charge in [0.15, 0.2) is 0 Å². The third kappa shape index (κ3) is 12.9. The van der Waals surface area contributed by atoms with Gasteiger partial charge in [-0.15, -0.1) is 0 Å². The minimum atomic E-state index is -2.32. The van der Waals surface area contributed by atoms with Gasteiger partial charge >= 0.3 is 12.2 Å². The fourth-order valence-corrected chi connectivity index (χ4v) is 0. The van der Waals surface area contributed by atoms with Crippen molar-refractivity contribution in [3.63, 3.8) is 0 Å². The number of rotatable bonds is 0. The Labute approximate surface area is 85.6 Å². The van der Waals surface area contributed by atoms with E-state index < -0.39 is 20.7 Å². The molecule has 0 nitrogen and oxygen atoms in total. The summed E-state index contributed by atoms with van der Waals surface area (Å²) < 4.78 is 61.3. The monoisotopic (exact) mass is 368 g/mol. The SMILES string of the molecule is FC(F)=C(F)Br.FC(F)=C(F)I. The van der Waals surface area contributed by atoms with Gasteiger partial charge in [-0.05, 0) is 38.5 Å². The molecule has 0 aromatic rings. The second-order valence-electron chi connectivity index (χ2n) is 1.04. The fourth-order valence-electron chi connectivity index (χ4n) is 0. The molecular formula is C4BrF6I. The molecule has 0 aliphatic rings. The quantitative estimate of drug-likeness (QED) is 0.422. The summed E-state index contributed by atoms with van der Waals surface area (Å²) in [4.78, 5) is 0. The van der Waals surface area contributed by atoms with Crippen LogP contribution in [-0.4, -0.2) is 0 Å². The molecule has 8 heteroatoms. The van der Waals surface area contributed by atoms with Crippen molar-refractivity contribution >= 4 is 38.5 Å². The summed E-state index contributed by atoms with van der Waals surface area (Å²) in [7, 11) is 0. The lowest BCUT2D eigenvalue weighted by molar-refractivity contribution is 0.396. The molecular weight excluding hydrogens is 369 g/mol. The lowest BCUT2D eigenvalue weighted by atomic mass is 11.1. The fraction of sp³-hybridized carbons (Fsp3) is 0. The van der Waals surface area contributed by atoms with Crippen LogP contribution in [0.4, 0.5) is 26.3 Å². The summed E-state index contributed by atoms with van der Waals surface area (Å²) in [6.45, 7) is 0. The molecule has 0 atom stereocenters. The average Bonchev–Trinajstić information content (AvgIpc) is 1.88. The highest BCUT2D eigenvalue weighted by atomic mass is 127. The van der Waals surface area contributed by atoms with Gasteiger partial charge in [0.1, 0.15) is 0 Å². The minimum absolute atomic E-state index is 0.895. The van der Waals surface area contributed by atoms with Crippen LogP contribution in [0.3, 0.4) is 0 Å².